The van der Waals surface area contributed by atoms with Crippen molar-refractivity contribution in [2.24, 2.45) is 11.3 Å². The molecule has 0 aromatic carbocycles. The monoisotopic (exact) mass is 172 g/mol. The van der Waals surface area contributed by atoms with E-state index in [0.29, 0.717) is 6.42 Å². The standard InChI is InChI=1S/C9H16O3/c1-9(2)6(4-7(9)10)5-8(11)12-3/h6-7,10H,4-5H2,1-3H3. The van der Waals surface area contributed by atoms with Crippen LogP contribution in [0.2, 0.25) is 0 Å². The van der Waals surface area contributed by atoms with Crippen LogP contribution in [0.1, 0.15) is 26.7 Å². The fourth-order valence-corrected chi connectivity index (χ4v) is 1.62. The van der Waals surface area contributed by atoms with Crippen molar-refractivity contribution in [1.82, 2.24) is 0 Å². The van der Waals surface area contributed by atoms with Crippen LogP contribution in [-0.4, -0.2) is 24.3 Å². The van der Waals surface area contributed by atoms with Gasteiger partial charge < -0.3 is 9.84 Å². The van der Waals surface area contributed by atoms with E-state index in [1.165, 1.54) is 7.11 Å². The van der Waals surface area contributed by atoms with Crippen molar-refractivity contribution in [3.63, 3.8) is 0 Å². The van der Waals surface area contributed by atoms with Gasteiger partial charge in [-0.2, -0.15) is 0 Å². The molecule has 70 valence electrons. The van der Waals surface area contributed by atoms with E-state index in [0.717, 1.165) is 6.42 Å². The minimum absolute atomic E-state index is 0.117. The van der Waals surface area contributed by atoms with Crippen LogP contribution in [0.15, 0.2) is 0 Å². The Morgan fingerprint density at radius 2 is 2.25 bits per heavy atom. The summed E-state index contributed by atoms with van der Waals surface area (Å²) in [5.41, 5.74) is -0.117. The molecular formula is C9H16O3. The Hall–Kier alpha value is -0.570. The number of hydrogen-bond acceptors (Lipinski definition) is 3. The van der Waals surface area contributed by atoms with Crippen molar-refractivity contribution >= 4 is 5.97 Å². The molecule has 1 N–H and O–H groups in total. The van der Waals surface area contributed by atoms with Gasteiger partial charge in [0.25, 0.3) is 0 Å². The summed E-state index contributed by atoms with van der Waals surface area (Å²) in [6.07, 6.45) is 0.898. The molecule has 3 nitrogen and oxygen atoms in total. The van der Waals surface area contributed by atoms with Gasteiger partial charge in [0.2, 0.25) is 0 Å². The van der Waals surface area contributed by atoms with Crippen LogP contribution < -0.4 is 0 Å². The lowest BCUT2D eigenvalue weighted by atomic mass is 9.59. The van der Waals surface area contributed by atoms with E-state index in [4.69, 9.17) is 0 Å². The number of aliphatic hydroxyl groups is 1. The first-order chi connectivity index (χ1) is 5.48. The molecular weight excluding hydrogens is 156 g/mol. The molecule has 1 rings (SSSR count). The van der Waals surface area contributed by atoms with Gasteiger partial charge in [0.15, 0.2) is 0 Å². The summed E-state index contributed by atoms with van der Waals surface area (Å²) in [4.78, 5) is 10.9. The number of ether oxygens (including phenoxy) is 1. The number of methoxy groups -OCH3 is 1. The van der Waals surface area contributed by atoms with E-state index in [-0.39, 0.29) is 23.4 Å². The second kappa shape index (κ2) is 3.05. The largest absolute Gasteiger partial charge is 0.469 e. The maximum atomic E-state index is 10.9. The number of hydrogen-bond donors (Lipinski definition) is 1. The third-order valence-corrected chi connectivity index (χ3v) is 3.06. The van der Waals surface area contributed by atoms with Crippen molar-refractivity contribution in [1.29, 1.82) is 0 Å². The predicted octanol–water partition coefficient (Wildman–Crippen LogP) is 0.956. The molecule has 0 bridgehead atoms. The van der Waals surface area contributed by atoms with Crippen LogP contribution in [0.25, 0.3) is 0 Å². The Kier molecular flexibility index (Phi) is 2.42. The van der Waals surface area contributed by atoms with Gasteiger partial charge in [0.05, 0.1) is 13.2 Å². The van der Waals surface area contributed by atoms with Crippen LogP contribution in [0.3, 0.4) is 0 Å². The highest BCUT2D eigenvalue weighted by atomic mass is 16.5. The molecule has 0 radical (unpaired) electrons. The van der Waals surface area contributed by atoms with Gasteiger partial charge in [-0.1, -0.05) is 13.8 Å². The lowest BCUT2D eigenvalue weighted by Gasteiger charge is -2.48. The molecule has 1 saturated carbocycles. The maximum Gasteiger partial charge on any atom is 0.305 e. The van der Waals surface area contributed by atoms with Gasteiger partial charge in [0.1, 0.15) is 0 Å². The first-order valence-electron chi connectivity index (χ1n) is 4.23. The van der Waals surface area contributed by atoms with E-state index in [9.17, 15) is 9.90 Å². The fourth-order valence-electron chi connectivity index (χ4n) is 1.62. The number of esters is 1. The van der Waals surface area contributed by atoms with Gasteiger partial charge >= 0.3 is 5.97 Å². The highest BCUT2D eigenvalue weighted by Gasteiger charge is 2.47. The quantitative estimate of drug-likeness (QED) is 0.631. The van der Waals surface area contributed by atoms with Gasteiger partial charge in [0, 0.05) is 6.42 Å². The van der Waals surface area contributed by atoms with Gasteiger partial charge in [-0.15, -0.1) is 0 Å². The molecule has 1 aliphatic carbocycles. The van der Waals surface area contributed by atoms with Crippen LogP contribution in [-0.2, 0) is 9.53 Å². The van der Waals surface area contributed by atoms with Gasteiger partial charge in [-0.05, 0) is 17.8 Å². The second-order valence-electron chi connectivity index (χ2n) is 4.05. The lowest BCUT2D eigenvalue weighted by molar-refractivity contribution is -0.151. The van der Waals surface area contributed by atoms with Crippen LogP contribution in [0.4, 0.5) is 0 Å². The van der Waals surface area contributed by atoms with Crippen LogP contribution >= 0.6 is 0 Å². The second-order valence-corrected chi connectivity index (χ2v) is 4.05. The molecule has 1 fully saturated rings. The fraction of sp³-hybridized carbons (Fsp3) is 0.889. The van der Waals surface area contributed by atoms with E-state index in [1.807, 2.05) is 13.8 Å². The van der Waals surface area contributed by atoms with E-state index < -0.39 is 0 Å². The van der Waals surface area contributed by atoms with Crippen molar-refractivity contribution in [2.75, 3.05) is 7.11 Å². The average Bonchev–Trinajstić information content (AvgIpc) is 2.03. The summed E-state index contributed by atoms with van der Waals surface area (Å²) in [5, 5.41) is 9.38. The Labute approximate surface area is 72.7 Å². The molecule has 0 aliphatic heterocycles. The Bertz CT molecular complexity index is 186. The molecule has 0 spiro atoms. The Balaban J connectivity index is 2.42. The van der Waals surface area contributed by atoms with Gasteiger partial charge in [-0.25, -0.2) is 0 Å². The molecule has 0 heterocycles. The minimum Gasteiger partial charge on any atom is -0.469 e. The third kappa shape index (κ3) is 1.46. The average molecular weight is 172 g/mol. The summed E-state index contributed by atoms with van der Waals surface area (Å²) < 4.78 is 4.56. The van der Waals surface area contributed by atoms with E-state index >= 15 is 0 Å². The first kappa shape index (κ1) is 9.52. The zero-order chi connectivity index (χ0) is 9.35. The van der Waals surface area contributed by atoms with Crippen LogP contribution in [0, 0.1) is 11.3 Å². The van der Waals surface area contributed by atoms with E-state index in [1.54, 1.807) is 0 Å². The molecule has 12 heavy (non-hydrogen) atoms. The molecule has 1 aliphatic rings. The molecule has 2 atom stereocenters. The maximum absolute atomic E-state index is 10.9. The first-order valence-corrected chi connectivity index (χ1v) is 4.23. The van der Waals surface area contributed by atoms with Crippen molar-refractivity contribution < 1.29 is 14.6 Å². The highest BCUT2D eigenvalue weighted by Crippen LogP contribution is 2.47. The molecule has 0 aromatic rings. The number of aliphatic hydroxyl groups excluding tert-OH is 1. The summed E-state index contributed by atoms with van der Waals surface area (Å²) in [6, 6.07) is 0. The lowest BCUT2D eigenvalue weighted by Crippen LogP contribution is -2.49. The smallest absolute Gasteiger partial charge is 0.305 e. The SMILES string of the molecule is COC(=O)CC1CC(O)C1(C)C. The zero-order valence-corrected chi connectivity index (χ0v) is 7.83. The zero-order valence-electron chi connectivity index (χ0n) is 7.83. The third-order valence-electron chi connectivity index (χ3n) is 3.06. The minimum atomic E-state index is -0.257. The van der Waals surface area contributed by atoms with Crippen LogP contribution in [0.5, 0.6) is 0 Å². The Morgan fingerprint density at radius 3 is 2.58 bits per heavy atom. The number of carbonyl (C=O) groups is 1. The van der Waals surface area contributed by atoms with Crippen molar-refractivity contribution in [3.05, 3.63) is 0 Å². The summed E-state index contributed by atoms with van der Waals surface area (Å²) in [7, 11) is 1.39. The topological polar surface area (TPSA) is 46.5 Å². The summed E-state index contributed by atoms with van der Waals surface area (Å²) in [6.45, 7) is 3.96. The molecule has 0 amide bonds. The predicted molar refractivity (Wildman–Crippen MR) is 44.5 cm³/mol. The van der Waals surface area contributed by atoms with Gasteiger partial charge in [-0.3, -0.25) is 4.79 Å². The summed E-state index contributed by atoms with van der Waals surface area (Å²) in [5.74, 6) is 0.0972. The number of carbonyl (C=O) groups excluding carboxylic acids is 1. The van der Waals surface area contributed by atoms with Crippen molar-refractivity contribution in [3.8, 4) is 0 Å². The molecule has 0 saturated heterocycles. The molecule has 3 heteroatoms. The number of rotatable bonds is 2. The molecule has 2 unspecified atom stereocenters. The van der Waals surface area contributed by atoms with Crippen molar-refractivity contribution in [2.45, 2.75) is 32.8 Å². The summed E-state index contributed by atoms with van der Waals surface area (Å²) >= 11 is 0. The normalized spacial score (nSPS) is 32.3. The van der Waals surface area contributed by atoms with E-state index in [2.05, 4.69) is 4.74 Å². The Morgan fingerprint density at radius 1 is 1.67 bits per heavy atom. The molecule has 0 aromatic heterocycles. The highest BCUT2D eigenvalue weighted by molar-refractivity contribution is 5.69.